The maximum atomic E-state index is 12.1. The first-order valence-electron chi connectivity index (χ1n) is 5.44. The molecule has 0 spiro atoms. The first-order valence-corrected chi connectivity index (χ1v) is 5.44. The molecule has 0 aliphatic heterocycles. The minimum absolute atomic E-state index is 0.129. The molecule has 0 bridgehead atoms. The summed E-state index contributed by atoms with van der Waals surface area (Å²) in [6.45, 7) is 1.37. The number of fused-ring (bicyclic) bond motifs is 1. The van der Waals surface area contributed by atoms with Crippen LogP contribution in [-0.4, -0.2) is 20.6 Å². The fourth-order valence-electron chi connectivity index (χ4n) is 1.86. The highest BCUT2D eigenvalue weighted by atomic mass is 16.6. The second-order valence-corrected chi connectivity index (χ2v) is 4.04. The maximum absolute atomic E-state index is 12.1. The monoisotopic (exact) mass is 262 g/mol. The zero-order chi connectivity index (χ0) is 14.2. The van der Waals surface area contributed by atoms with Crippen LogP contribution in [0.2, 0.25) is 0 Å². The molecule has 0 saturated carbocycles. The predicted molar refractivity (Wildman–Crippen MR) is 67.2 cm³/mol. The topological polar surface area (TPSA) is 102 Å². The zero-order valence-electron chi connectivity index (χ0n) is 9.94. The summed E-state index contributed by atoms with van der Waals surface area (Å²) >= 11 is 0. The number of nitro benzene ring substituents is 1. The normalized spacial score (nSPS) is 12.3. The van der Waals surface area contributed by atoms with Gasteiger partial charge in [-0.1, -0.05) is 6.07 Å². The molecule has 0 unspecified atom stereocenters. The van der Waals surface area contributed by atoms with Crippen molar-refractivity contribution in [2.45, 2.75) is 13.0 Å². The van der Waals surface area contributed by atoms with E-state index in [4.69, 9.17) is 5.11 Å². The molecule has 0 fully saturated rings. The molecular formula is C12H10N2O5. The highest BCUT2D eigenvalue weighted by Gasteiger charge is 2.18. The van der Waals surface area contributed by atoms with Gasteiger partial charge in [-0.2, -0.15) is 0 Å². The second-order valence-electron chi connectivity index (χ2n) is 4.04. The smallest absolute Gasteiger partial charge is 0.326 e. The number of nitrogens with zero attached hydrogens (tertiary/aromatic N) is 2. The minimum Gasteiger partial charge on any atom is -0.480 e. The molecule has 1 atom stereocenters. The number of carbonyl (C=O) groups is 1. The molecular weight excluding hydrogens is 252 g/mol. The van der Waals surface area contributed by atoms with E-state index in [1.54, 1.807) is 0 Å². The average Bonchev–Trinajstić information content (AvgIpc) is 2.37. The number of rotatable bonds is 3. The Morgan fingerprint density at radius 3 is 2.63 bits per heavy atom. The van der Waals surface area contributed by atoms with Gasteiger partial charge in [0, 0.05) is 12.3 Å². The molecule has 7 heteroatoms. The lowest BCUT2D eigenvalue weighted by atomic mass is 10.1. The standard InChI is InChI=1S/C12H10N2O5/c1-7(12(16)17)13-6-5-8-9(11(13)15)3-2-4-10(8)14(18)19/h2-7H,1H3,(H,16,17)/t7-/m1/s1. The molecule has 0 radical (unpaired) electrons. The van der Waals surface area contributed by atoms with Crippen molar-refractivity contribution < 1.29 is 14.8 Å². The minimum atomic E-state index is -1.15. The summed E-state index contributed by atoms with van der Waals surface area (Å²) < 4.78 is 1.04. The van der Waals surface area contributed by atoms with Crippen LogP contribution in [0.15, 0.2) is 35.3 Å². The third-order valence-corrected chi connectivity index (χ3v) is 2.92. The predicted octanol–water partition coefficient (Wildman–Crippen LogP) is 1.56. The Morgan fingerprint density at radius 1 is 1.37 bits per heavy atom. The summed E-state index contributed by atoms with van der Waals surface area (Å²) in [6, 6.07) is 4.49. The first-order chi connectivity index (χ1) is 8.93. The van der Waals surface area contributed by atoms with Gasteiger partial charge in [0.2, 0.25) is 0 Å². The Balaban J connectivity index is 2.77. The average molecular weight is 262 g/mol. The van der Waals surface area contributed by atoms with Gasteiger partial charge in [0.05, 0.1) is 15.7 Å². The summed E-state index contributed by atoms with van der Waals surface area (Å²) in [4.78, 5) is 33.3. The number of carboxylic acid groups (broad SMARTS) is 1. The van der Waals surface area contributed by atoms with Crippen molar-refractivity contribution in [3.63, 3.8) is 0 Å². The number of aromatic nitrogens is 1. The van der Waals surface area contributed by atoms with E-state index in [0.29, 0.717) is 0 Å². The molecule has 0 saturated heterocycles. The molecule has 1 N–H and O–H groups in total. The van der Waals surface area contributed by atoms with Gasteiger partial charge in [-0.15, -0.1) is 0 Å². The van der Waals surface area contributed by atoms with Crippen molar-refractivity contribution in [2.24, 2.45) is 0 Å². The van der Waals surface area contributed by atoms with Crippen molar-refractivity contribution in [3.05, 3.63) is 50.9 Å². The van der Waals surface area contributed by atoms with Crippen LogP contribution in [-0.2, 0) is 4.79 Å². The van der Waals surface area contributed by atoms with Crippen LogP contribution in [0.4, 0.5) is 5.69 Å². The Bertz CT molecular complexity index is 734. The maximum Gasteiger partial charge on any atom is 0.326 e. The lowest BCUT2D eigenvalue weighted by Gasteiger charge is -2.11. The number of pyridine rings is 1. The van der Waals surface area contributed by atoms with Crippen molar-refractivity contribution in [1.29, 1.82) is 0 Å². The molecule has 0 aliphatic carbocycles. The van der Waals surface area contributed by atoms with E-state index < -0.39 is 22.5 Å². The molecule has 2 aromatic rings. The SMILES string of the molecule is C[C@H](C(=O)O)n1ccc2c([N+](=O)[O-])cccc2c1=O. The van der Waals surface area contributed by atoms with Crippen LogP contribution in [0.25, 0.3) is 10.8 Å². The van der Waals surface area contributed by atoms with Gasteiger partial charge >= 0.3 is 5.97 Å². The molecule has 1 heterocycles. The van der Waals surface area contributed by atoms with E-state index in [-0.39, 0.29) is 16.5 Å². The van der Waals surface area contributed by atoms with E-state index in [9.17, 15) is 19.7 Å². The van der Waals surface area contributed by atoms with Gasteiger partial charge in [0.25, 0.3) is 11.2 Å². The lowest BCUT2D eigenvalue weighted by Crippen LogP contribution is -2.27. The highest BCUT2D eigenvalue weighted by Crippen LogP contribution is 2.23. The van der Waals surface area contributed by atoms with Gasteiger partial charge in [-0.25, -0.2) is 4.79 Å². The summed E-state index contributed by atoms with van der Waals surface area (Å²) in [5.74, 6) is -1.15. The van der Waals surface area contributed by atoms with Gasteiger partial charge in [0.1, 0.15) is 6.04 Å². The molecule has 0 aliphatic rings. The van der Waals surface area contributed by atoms with Crippen molar-refractivity contribution >= 4 is 22.4 Å². The summed E-state index contributed by atoms with van der Waals surface area (Å²) in [7, 11) is 0. The summed E-state index contributed by atoms with van der Waals surface area (Å²) in [5.41, 5.74) is -0.735. The number of nitro groups is 1. The van der Waals surface area contributed by atoms with Gasteiger partial charge < -0.3 is 9.67 Å². The van der Waals surface area contributed by atoms with Crippen molar-refractivity contribution in [3.8, 4) is 0 Å². The highest BCUT2D eigenvalue weighted by molar-refractivity contribution is 5.90. The van der Waals surface area contributed by atoms with Crippen LogP contribution in [0.1, 0.15) is 13.0 Å². The van der Waals surface area contributed by atoms with Crippen molar-refractivity contribution in [2.75, 3.05) is 0 Å². The van der Waals surface area contributed by atoms with Crippen LogP contribution in [0, 0.1) is 10.1 Å². The number of aliphatic carboxylic acids is 1. The number of hydrogen-bond acceptors (Lipinski definition) is 4. The number of benzene rings is 1. The summed E-state index contributed by atoms with van der Waals surface area (Å²) in [6.07, 6.45) is 1.26. The van der Waals surface area contributed by atoms with Crippen molar-refractivity contribution in [1.82, 2.24) is 4.57 Å². The number of hydrogen-bond donors (Lipinski definition) is 1. The third-order valence-electron chi connectivity index (χ3n) is 2.92. The Hall–Kier alpha value is -2.70. The molecule has 19 heavy (non-hydrogen) atoms. The van der Waals surface area contributed by atoms with E-state index in [2.05, 4.69) is 0 Å². The molecule has 1 aromatic carbocycles. The molecule has 98 valence electrons. The Kier molecular flexibility index (Phi) is 3.04. The number of non-ortho nitro benzene ring substituents is 1. The van der Waals surface area contributed by atoms with Crippen LogP contribution in [0.5, 0.6) is 0 Å². The summed E-state index contributed by atoms with van der Waals surface area (Å²) in [5, 5.41) is 20.1. The molecule has 1 aromatic heterocycles. The van der Waals surface area contributed by atoms with E-state index >= 15 is 0 Å². The third kappa shape index (κ3) is 2.05. The second kappa shape index (κ2) is 4.52. The quantitative estimate of drug-likeness (QED) is 0.667. The number of carboxylic acids is 1. The fraction of sp³-hybridized carbons (Fsp3) is 0.167. The van der Waals surface area contributed by atoms with E-state index in [1.807, 2.05) is 0 Å². The molecule has 2 rings (SSSR count). The van der Waals surface area contributed by atoms with Gasteiger partial charge in [-0.3, -0.25) is 14.9 Å². The van der Waals surface area contributed by atoms with E-state index in [1.165, 1.54) is 37.4 Å². The lowest BCUT2D eigenvalue weighted by molar-refractivity contribution is -0.383. The first kappa shape index (κ1) is 12.7. The van der Waals surface area contributed by atoms with E-state index in [0.717, 1.165) is 4.57 Å². The van der Waals surface area contributed by atoms with Gasteiger partial charge in [-0.05, 0) is 19.1 Å². The van der Waals surface area contributed by atoms with Crippen LogP contribution < -0.4 is 5.56 Å². The Labute approximate surface area is 106 Å². The molecule has 0 amide bonds. The van der Waals surface area contributed by atoms with Crippen LogP contribution in [0.3, 0.4) is 0 Å². The fourth-order valence-corrected chi connectivity index (χ4v) is 1.86. The van der Waals surface area contributed by atoms with Gasteiger partial charge in [0.15, 0.2) is 0 Å². The zero-order valence-corrected chi connectivity index (χ0v) is 9.94. The largest absolute Gasteiger partial charge is 0.480 e. The molecule has 7 nitrogen and oxygen atoms in total. The Morgan fingerprint density at radius 2 is 2.05 bits per heavy atom. The van der Waals surface area contributed by atoms with Crippen LogP contribution >= 0.6 is 0 Å².